The van der Waals surface area contributed by atoms with Crippen LogP contribution in [0, 0.1) is 0 Å². The zero-order valence-corrected chi connectivity index (χ0v) is 5.76. The maximum atomic E-state index is 5.47. The van der Waals surface area contributed by atoms with E-state index in [0.717, 1.165) is 11.5 Å². The summed E-state index contributed by atoms with van der Waals surface area (Å²) >= 11 is 0. The lowest BCUT2D eigenvalue weighted by Gasteiger charge is -2.17. The Hall–Kier alpha value is -0.855. The summed E-state index contributed by atoms with van der Waals surface area (Å²) in [6, 6.07) is 0. The second-order valence-corrected chi connectivity index (χ2v) is 2.15. The van der Waals surface area contributed by atoms with Crippen molar-refractivity contribution in [1.82, 2.24) is 9.71 Å². The van der Waals surface area contributed by atoms with Gasteiger partial charge in [0.05, 0.1) is 5.82 Å². The van der Waals surface area contributed by atoms with Crippen LogP contribution in [0.5, 0.6) is 0 Å². The minimum Gasteiger partial charge on any atom is -0.389 e. The smallest absolute Gasteiger partial charge is 0.236 e. The molecule has 0 aromatic rings. The fourth-order valence-corrected chi connectivity index (χ4v) is 0.739. The molecule has 9 heavy (non-hydrogen) atoms. The van der Waals surface area contributed by atoms with E-state index >= 15 is 0 Å². The molecule has 0 aliphatic carbocycles. The van der Waals surface area contributed by atoms with Crippen LogP contribution < -0.4 is 0 Å². The monoisotopic (exact) mass is 120 g/mol. The molecule has 0 atom stereocenters. The molecule has 0 amide bonds. The number of hydrogen-bond acceptors (Lipinski definition) is 2. The molecule has 1 aliphatic rings. The Bertz CT molecular complexity index is 174. The van der Waals surface area contributed by atoms with Gasteiger partial charge in [-0.1, -0.05) is 6.58 Å². The topological polar surface area (TPSA) is 6.48 Å². The molecule has 0 N–H and O–H groups in total. The summed E-state index contributed by atoms with van der Waals surface area (Å²) < 4.78 is 0. The number of hydrogen-bond donors (Lipinski definition) is 0. The fourth-order valence-electron chi connectivity index (χ4n) is 0.739. The van der Waals surface area contributed by atoms with Gasteiger partial charge < -0.3 is 9.71 Å². The molecule has 3 heteroatoms. The second kappa shape index (κ2) is 1.83. The predicted molar refractivity (Wildman–Crippen MR) is 38.3 cm³/mol. The Morgan fingerprint density at radius 3 is 2.33 bits per heavy atom. The van der Waals surface area contributed by atoms with E-state index in [1.165, 1.54) is 4.81 Å². The van der Waals surface area contributed by atoms with Crippen LogP contribution in [0.1, 0.15) is 6.92 Å². The van der Waals surface area contributed by atoms with Gasteiger partial charge in [0.15, 0.2) is 0 Å². The predicted octanol–water partition coefficient (Wildman–Crippen LogP) is 0.650. The van der Waals surface area contributed by atoms with Crippen LogP contribution in [-0.2, 0) is 0 Å². The van der Waals surface area contributed by atoms with Crippen LogP contribution in [0.25, 0.3) is 0 Å². The number of allylic oxidation sites excluding steroid dienone is 1. The van der Waals surface area contributed by atoms with Gasteiger partial charge in [-0.3, -0.25) is 0 Å². The van der Waals surface area contributed by atoms with Gasteiger partial charge in [0.2, 0.25) is 7.98 Å². The van der Waals surface area contributed by atoms with Crippen molar-refractivity contribution >= 4 is 7.98 Å². The molecule has 1 aliphatic heterocycles. The summed E-state index contributed by atoms with van der Waals surface area (Å²) in [5.74, 6) is 0.813. The molecule has 1 heterocycles. The summed E-state index contributed by atoms with van der Waals surface area (Å²) in [4.78, 5) is 3.44. The van der Waals surface area contributed by atoms with Crippen molar-refractivity contribution in [3.63, 3.8) is 0 Å². The van der Waals surface area contributed by atoms with Gasteiger partial charge >= 0.3 is 0 Å². The first-order chi connectivity index (χ1) is 4.13. The first-order valence-corrected chi connectivity index (χ1v) is 2.78. The maximum absolute atomic E-state index is 5.47. The molecule has 0 fully saturated rings. The third-order valence-electron chi connectivity index (χ3n) is 1.54. The van der Waals surface area contributed by atoms with Crippen LogP contribution >= 0.6 is 0 Å². The average Bonchev–Trinajstić information content (AvgIpc) is 1.98. The van der Waals surface area contributed by atoms with Crippen molar-refractivity contribution in [3.8, 4) is 0 Å². The van der Waals surface area contributed by atoms with Gasteiger partial charge in [-0.25, -0.2) is 0 Å². The normalized spacial score (nSPS) is 18.9. The Balaban J connectivity index is 2.82. The highest BCUT2D eigenvalue weighted by atomic mass is 15.3. The lowest BCUT2D eigenvalue weighted by atomic mass is 10.3. The van der Waals surface area contributed by atoms with Crippen molar-refractivity contribution in [3.05, 3.63) is 24.3 Å². The van der Waals surface area contributed by atoms with Crippen LogP contribution in [0.2, 0.25) is 0 Å². The van der Waals surface area contributed by atoms with Crippen LogP contribution in [0.3, 0.4) is 0 Å². The molecule has 0 bridgehead atoms. The summed E-state index contributed by atoms with van der Waals surface area (Å²) in [7, 11) is 7.41. The van der Waals surface area contributed by atoms with Gasteiger partial charge in [-0.05, 0) is 6.92 Å². The molecule has 2 nitrogen and oxygen atoms in total. The van der Waals surface area contributed by atoms with Crippen molar-refractivity contribution < 1.29 is 0 Å². The Kier molecular flexibility index (Phi) is 1.27. The zero-order valence-electron chi connectivity index (χ0n) is 5.76. The van der Waals surface area contributed by atoms with Gasteiger partial charge in [0.25, 0.3) is 0 Å². The van der Waals surface area contributed by atoms with E-state index in [-0.39, 0.29) is 0 Å². The molecule has 0 unspecified atom stereocenters. The van der Waals surface area contributed by atoms with E-state index in [0.29, 0.717) is 0 Å². The molecule has 0 saturated heterocycles. The van der Waals surface area contributed by atoms with Crippen molar-refractivity contribution in [2.45, 2.75) is 6.92 Å². The van der Waals surface area contributed by atoms with Crippen molar-refractivity contribution in [2.75, 3.05) is 7.05 Å². The fraction of sp³-hybridized carbons (Fsp3) is 0.333. The lowest BCUT2D eigenvalue weighted by molar-refractivity contribution is 0.489. The van der Waals surface area contributed by atoms with E-state index in [9.17, 15) is 0 Å². The van der Waals surface area contributed by atoms with E-state index in [1.54, 1.807) is 0 Å². The molecule has 2 radical (unpaired) electrons. The number of rotatable bonds is 0. The maximum Gasteiger partial charge on any atom is 0.236 e. The zero-order chi connectivity index (χ0) is 7.02. The summed E-state index contributed by atoms with van der Waals surface area (Å²) in [6.45, 7) is 5.73. The first-order valence-electron chi connectivity index (χ1n) is 2.78. The quantitative estimate of drug-likeness (QED) is 0.433. The average molecular weight is 120 g/mol. The summed E-state index contributed by atoms with van der Waals surface area (Å²) in [5.41, 5.74) is 1.11. The molecule has 46 valence electrons. The van der Waals surface area contributed by atoms with Gasteiger partial charge in [-0.15, -0.1) is 0 Å². The van der Waals surface area contributed by atoms with Crippen LogP contribution in [0.15, 0.2) is 24.3 Å². The van der Waals surface area contributed by atoms with E-state index in [1.807, 2.05) is 25.1 Å². The highest BCUT2D eigenvalue weighted by Gasteiger charge is 2.13. The van der Waals surface area contributed by atoms with Gasteiger partial charge in [0, 0.05) is 18.9 Å². The molecule has 1 rings (SSSR count). The SMILES string of the molecule is [B]N1C=C(C)N(C)C1=C. The summed E-state index contributed by atoms with van der Waals surface area (Å²) in [6.07, 6.45) is 1.84. The lowest BCUT2D eigenvalue weighted by Crippen LogP contribution is -2.16. The Labute approximate surface area is 56.9 Å². The minimum absolute atomic E-state index is 0.813. The minimum atomic E-state index is 0.813. The standard InChI is InChI=1S/C6H9BN2/c1-5-4-9(7)6(2)8(5)3/h4H,2H2,1,3H3. The van der Waals surface area contributed by atoms with E-state index < -0.39 is 0 Å². The highest BCUT2D eigenvalue weighted by molar-refractivity contribution is 6.06. The van der Waals surface area contributed by atoms with Crippen LogP contribution in [0.4, 0.5) is 0 Å². The van der Waals surface area contributed by atoms with Gasteiger partial charge in [-0.2, -0.15) is 0 Å². The van der Waals surface area contributed by atoms with Crippen molar-refractivity contribution in [1.29, 1.82) is 0 Å². The third kappa shape index (κ3) is 0.825. The summed E-state index contributed by atoms with van der Waals surface area (Å²) in [5, 5.41) is 0. The second-order valence-electron chi connectivity index (χ2n) is 2.15. The molecular formula is C6H9BN2. The number of nitrogens with zero attached hydrogens (tertiary/aromatic N) is 2. The van der Waals surface area contributed by atoms with Gasteiger partial charge in [0.1, 0.15) is 0 Å². The molecule has 0 aromatic carbocycles. The third-order valence-corrected chi connectivity index (χ3v) is 1.54. The van der Waals surface area contributed by atoms with E-state index in [2.05, 4.69) is 6.58 Å². The molecule has 0 saturated carbocycles. The Morgan fingerprint density at radius 1 is 1.67 bits per heavy atom. The molecule has 0 aromatic heterocycles. The van der Waals surface area contributed by atoms with Crippen LogP contribution in [-0.4, -0.2) is 24.7 Å². The molecular weight excluding hydrogens is 111 g/mol. The largest absolute Gasteiger partial charge is 0.389 e. The van der Waals surface area contributed by atoms with E-state index in [4.69, 9.17) is 7.98 Å². The molecule has 0 spiro atoms. The highest BCUT2D eigenvalue weighted by Crippen LogP contribution is 2.18. The Morgan fingerprint density at radius 2 is 2.22 bits per heavy atom. The van der Waals surface area contributed by atoms with Crippen molar-refractivity contribution in [2.24, 2.45) is 0 Å². The first kappa shape index (κ1) is 6.27.